The molecule has 0 unspecified atom stereocenters. The molecule has 1 fully saturated rings. The van der Waals surface area contributed by atoms with Crippen LogP contribution >= 0.6 is 11.3 Å². The number of carbonyl (C=O) groups excluding carboxylic acids is 1. The maximum Gasteiger partial charge on any atom is 0.272 e. The average molecular weight is 462 g/mol. The molecule has 1 aliphatic heterocycles. The number of nitrogens with one attached hydrogen (secondary N) is 1. The topological polar surface area (TPSA) is 61.4 Å². The number of anilines is 2. The van der Waals surface area contributed by atoms with Crippen molar-refractivity contribution in [3.63, 3.8) is 0 Å². The monoisotopic (exact) mass is 461 g/mol. The SMILES string of the molecule is O=C(NCCc1cccs1)c1nnc(N2CCN(c3ccc(F)cc3)CC2)c2ccccc12. The van der Waals surface area contributed by atoms with Gasteiger partial charge in [0.15, 0.2) is 11.5 Å². The van der Waals surface area contributed by atoms with Crippen molar-refractivity contribution in [2.75, 3.05) is 42.5 Å². The molecular formula is C25H24FN5OS. The smallest absolute Gasteiger partial charge is 0.272 e. The molecule has 6 nitrogen and oxygen atoms in total. The van der Waals surface area contributed by atoms with Crippen LogP contribution in [0.25, 0.3) is 10.8 Å². The van der Waals surface area contributed by atoms with E-state index in [1.54, 1.807) is 11.3 Å². The zero-order valence-corrected chi connectivity index (χ0v) is 18.9. The fourth-order valence-corrected chi connectivity index (χ4v) is 4.87. The molecule has 0 bridgehead atoms. The highest BCUT2D eigenvalue weighted by atomic mass is 32.1. The van der Waals surface area contributed by atoms with E-state index < -0.39 is 0 Å². The molecule has 0 saturated carbocycles. The molecule has 4 aromatic rings. The number of rotatable bonds is 6. The van der Waals surface area contributed by atoms with Crippen molar-refractivity contribution < 1.29 is 9.18 Å². The first-order chi connectivity index (χ1) is 16.2. The Kier molecular flexibility index (Phi) is 6.17. The van der Waals surface area contributed by atoms with Crippen LogP contribution in [-0.4, -0.2) is 48.8 Å². The summed E-state index contributed by atoms with van der Waals surface area (Å²) in [6.07, 6.45) is 0.797. The zero-order chi connectivity index (χ0) is 22.6. The lowest BCUT2D eigenvalue weighted by molar-refractivity contribution is 0.0950. The first kappa shape index (κ1) is 21.3. The van der Waals surface area contributed by atoms with Gasteiger partial charge in [-0.15, -0.1) is 21.5 Å². The van der Waals surface area contributed by atoms with Crippen molar-refractivity contribution in [2.24, 2.45) is 0 Å². The van der Waals surface area contributed by atoms with E-state index >= 15 is 0 Å². The summed E-state index contributed by atoms with van der Waals surface area (Å²) in [6.45, 7) is 3.69. The van der Waals surface area contributed by atoms with Crippen molar-refractivity contribution in [3.05, 3.63) is 82.4 Å². The summed E-state index contributed by atoms with van der Waals surface area (Å²) in [7, 11) is 0. The standard InChI is InChI=1S/C25H24FN5OS/c26-18-7-9-19(10-8-18)30-13-15-31(16-14-30)24-22-6-2-1-5-21(22)23(28-29-24)25(32)27-12-11-20-4-3-17-33-20/h1-10,17H,11-16H2,(H,27,32). The molecule has 2 aromatic carbocycles. The van der Waals surface area contributed by atoms with Crippen molar-refractivity contribution in [3.8, 4) is 0 Å². The van der Waals surface area contributed by atoms with Gasteiger partial charge < -0.3 is 15.1 Å². The van der Waals surface area contributed by atoms with Crippen LogP contribution in [0.15, 0.2) is 66.0 Å². The van der Waals surface area contributed by atoms with Crippen LogP contribution in [0.3, 0.4) is 0 Å². The summed E-state index contributed by atoms with van der Waals surface area (Å²) in [5.41, 5.74) is 1.37. The molecule has 0 aliphatic carbocycles. The minimum Gasteiger partial charge on any atom is -0.368 e. The number of halogens is 1. The number of fused-ring (bicyclic) bond motifs is 1. The van der Waals surface area contributed by atoms with Crippen LogP contribution in [0.1, 0.15) is 15.4 Å². The summed E-state index contributed by atoms with van der Waals surface area (Å²) in [6, 6.07) is 18.5. The van der Waals surface area contributed by atoms with Gasteiger partial charge in [-0.25, -0.2) is 4.39 Å². The highest BCUT2D eigenvalue weighted by Gasteiger charge is 2.22. The average Bonchev–Trinajstić information content (AvgIpc) is 3.37. The molecule has 2 aromatic heterocycles. The van der Waals surface area contributed by atoms with E-state index in [1.165, 1.54) is 17.0 Å². The molecule has 33 heavy (non-hydrogen) atoms. The van der Waals surface area contributed by atoms with Gasteiger partial charge in [0.1, 0.15) is 5.82 Å². The molecule has 1 aliphatic rings. The van der Waals surface area contributed by atoms with Crippen molar-refractivity contribution in [1.29, 1.82) is 0 Å². The Balaban J connectivity index is 1.30. The highest BCUT2D eigenvalue weighted by molar-refractivity contribution is 7.09. The summed E-state index contributed by atoms with van der Waals surface area (Å²) >= 11 is 1.69. The van der Waals surface area contributed by atoms with Crippen LogP contribution in [0.4, 0.5) is 15.9 Å². The van der Waals surface area contributed by atoms with Gasteiger partial charge >= 0.3 is 0 Å². The number of amides is 1. The van der Waals surface area contributed by atoms with Gasteiger partial charge in [-0.3, -0.25) is 4.79 Å². The summed E-state index contributed by atoms with van der Waals surface area (Å²) in [5.74, 6) is 0.359. The van der Waals surface area contributed by atoms with E-state index in [2.05, 4.69) is 31.4 Å². The lowest BCUT2D eigenvalue weighted by Crippen LogP contribution is -2.47. The van der Waals surface area contributed by atoms with E-state index in [1.807, 2.05) is 47.8 Å². The van der Waals surface area contributed by atoms with Gasteiger partial charge in [0, 0.05) is 54.1 Å². The van der Waals surface area contributed by atoms with E-state index in [0.717, 1.165) is 54.9 Å². The molecule has 0 radical (unpaired) electrons. The third-order valence-corrected chi connectivity index (χ3v) is 6.83. The number of benzene rings is 2. The lowest BCUT2D eigenvalue weighted by atomic mass is 10.1. The molecule has 0 spiro atoms. The number of aromatic nitrogens is 2. The molecule has 3 heterocycles. The number of nitrogens with zero attached hydrogens (tertiary/aromatic N) is 4. The zero-order valence-electron chi connectivity index (χ0n) is 18.1. The van der Waals surface area contributed by atoms with Gasteiger partial charge in [-0.1, -0.05) is 30.3 Å². The Morgan fingerprint density at radius 2 is 1.64 bits per heavy atom. The van der Waals surface area contributed by atoms with E-state index in [-0.39, 0.29) is 11.7 Å². The molecule has 168 valence electrons. The second kappa shape index (κ2) is 9.54. The van der Waals surface area contributed by atoms with Crippen LogP contribution < -0.4 is 15.1 Å². The number of thiophene rings is 1. The Morgan fingerprint density at radius 1 is 0.909 bits per heavy atom. The Bertz CT molecular complexity index is 1240. The Labute approximate surface area is 195 Å². The fourth-order valence-electron chi connectivity index (χ4n) is 4.16. The molecule has 8 heteroatoms. The number of hydrogen-bond donors (Lipinski definition) is 1. The molecule has 1 N–H and O–H groups in total. The summed E-state index contributed by atoms with van der Waals surface area (Å²) < 4.78 is 13.2. The van der Waals surface area contributed by atoms with Gasteiger partial charge in [0.2, 0.25) is 0 Å². The van der Waals surface area contributed by atoms with Crippen LogP contribution in [0.2, 0.25) is 0 Å². The molecule has 0 atom stereocenters. The van der Waals surface area contributed by atoms with E-state index in [4.69, 9.17) is 0 Å². The van der Waals surface area contributed by atoms with Crippen LogP contribution in [0.5, 0.6) is 0 Å². The van der Waals surface area contributed by atoms with Gasteiger partial charge in [-0.2, -0.15) is 0 Å². The molecule has 5 rings (SSSR count). The van der Waals surface area contributed by atoms with E-state index in [0.29, 0.717) is 12.2 Å². The number of piperazine rings is 1. The maximum absolute atomic E-state index is 13.2. The van der Waals surface area contributed by atoms with Crippen LogP contribution in [-0.2, 0) is 6.42 Å². The first-order valence-electron chi connectivity index (χ1n) is 11.0. The minimum absolute atomic E-state index is 0.206. The predicted molar refractivity (Wildman–Crippen MR) is 131 cm³/mol. The molecular weight excluding hydrogens is 437 g/mol. The van der Waals surface area contributed by atoms with Crippen molar-refractivity contribution >= 4 is 39.5 Å². The quantitative estimate of drug-likeness (QED) is 0.468. The largest absolute Gasteiger partial charge is 0.368 e. The predicted octanol–water partition coefficient (Wildman–Crippen LogP) is 4.13. The number of hydrogen-bond acceptors (Lipinski definition) is 6. The summed E-state index contributed by atoms with van der Waals surface area (Å²) in [4.78, 5) is 18.5. The minimum atomic E-state index is -0.227. The summed E-state index contributed by atoms with van der Waals surface area (Å²) in [5, 5.41) is 15.5. The highest BCUT2D eigenvalue weighted by Crippen LogP contribution is 2.27. The van der Waals surface area contributed by atoms with E-state index in [9.17, 15) is 9.18 Å². The second-order valence-corrected chi connectivity index (χ2v) is 8.99. The normalized spacial score (nSPS) is 14.0. The Morgan fingerprint density at radius 3 is 2.36 bits per heavy atom. The van der Waals surface area contributed by atoms with Crippen molar-refractivity contribution in [1.82, 2.24) is 15.5 Å². The maximum atomic E-state index is 13.2. The molecule has 1 saturated heterocycles. The van der Waals surface area contributed by atoms with Crippen LogP contribution in [0, 0.1) is 5.82 Å². The lowest BCUT2D eigenvalue weighted by Gasteiger charge is -2.37. The second-order valence-electron chi connectivity index (χ2n) is 7.95. The first-order valence-corrected chi connectivity index (χ1v) is 11.9. The Hall–Kier alpha value is -3.52. The third-order valence-electron chi connectivity index (χ3n) is 5.89. The van der Waals surface area contributed by atoms with Gasteiger partial charge in [0.05, 0.1) is 0 Å². The molecule has 1 amide bonds. The third kappa shape index (κ3) is 4.66. The fraction of sp³-hybridized carbons (Fsp3) is 0.240. The van der Waals surface area contributed by atoms with Gasteiger partial charge in [0.25, 0.3) is 5.91 Å². The number of carbonyl (C=O) groups is 1. The van der Waals surface area contributed by atoms with Crippen molar-refractivity contribution in [2.45, 2.75) is 6.42 Å². The van der Waals surface area contributed by atoms with Gasteiger partial charge in [-0.05, 0) is 42.1 Å².